The Morgan fingerprint density at radius 2 is 0.957 bits per heavy atom. The zero-order valence-electron chi connectivity index (χ0n) is 41.1. The van der Waals surface area contributed by atoms with E-state index in [1.54, 1.807) is 22.2 Å². The van der Waals surface area contributed by atoms with Gasteiger partial charge in [-0.2, -0.15) is 0 Å². The lowest BCUT2D eigenvalue weighted by molar-refractivity contribution is -0.136. The van der Waals surface area contributed by atoms with E-state index in [0.29, 0.717) is 113 Å². The number of carbonyl (C=O) groups excluding carboxylic acids is 4. The highest BCUT2D eigenvalue weighted by Crippen LogP contribution is 2.40. The summed E-state index contributed by atoms with van der Waals surface area (Å²) in [7, 11) is 2.56. The Hall–Kier alpha value is -6.22. The van der Waals surface area contributed by atoms with Crippen LogP contribution in [0.5, 0.6) is 11.5 Å². The number of carbonyl (C=O) groups is 4. The summed E-state index contributed by atoms with van der Waals surface area (Å²) in [5.74, 6) is 1.74. The van der Waals surface area contributed by atoms with Gasteiger partial charge in [0.2, 0.25) is 11.8 Å². The van der Waals surface area contributed by atoms with Crippen molar-refractivity contribution >= 4 is 24.0 Å². The maximum absolute atomic E-state index is 13.9. The van der Waals surface area contributed by atoms with Crippen LogP contribution >= 0.6 is 0 Å². The Morgan fingerprint density at radius 1 is 0.586 bits per heavy atom. The van der Waals surface area contributed by atoms with Gasteiger partial charge in [0.05, 0.1) is 103 Å². The van der Waals surface area contributed by atoms with E-state index in [0.717, 1.165) is 35.1 Å². The van der Waals surface area contributed by atoms with Gasteiger partial charge in [-0.1, -0.05) is 39.8 Å². The molecule has 7 rings (SSSR count). The molecule has 0 radical (unpaired) electrons. The molecule has 4 amide bonds. The van der Waals surface area contributed by atoms with Crippen molar-refractivity contribution in [1.29, 1.82) is 0 Å². The summed E-state index contributed by atoms with van der Waals surface area (Å²) < 4.78 is 45.6. The number of benzene rings is 2. The number of nitrogens with zero attached hydrogens (tertiary/aromatic N) is 4. The van der Waals surface area contributed by atoms with Gasteiger partial charge in [-0.15, -0.1) is 0 Å². The highest BCUT2D eigenvalue weighted by atomic mass is 16.6. The molecule has 3 aliphatic heterocycles. The molecular formula is C50H68N8O12. The average Bonchev–Trinajstić information content (AvgIpc) is 4.21. The third kappa shape index (κ3) is 12.9. The molecule has 2 aromatic heterocycles. The van der Waals surface area contributed by atoms with E-state index in [-0.39, 0.29) is 48.9 Å². The Kier molecular flexibility index (Phi) is 18.5. The molecule has 3 aliphatic rings. The summed E-state index contributed by atoms with van der Waals surface area (Å²) >= 11 is 0. The van der Waals surface area contributed by atoms with Crippen molar-refractivity contribution in [2.45, 2.75) is 77.5 Å². The normalized spacial score (nSPS) is 19.5. The van der Waals surface area contributed by atoms with Gasteiger partial charge in [0.15, 0.2) is 0 Å². The molecule has 4 atom stereocenters. The number of nitrogens with one attached hydrogen (secondary N) is 4. The molecule has 2 aromatic carbocycles. The molecule has 2 saturated heterocycles. The van der Waals surface area contributed by atoms with Gasteiger partial charge < -0.3 is 68.3 Å². The monoisotopic (exact) mass is 972 g/mol. The molecule has 380 valence electrons. The van der Waals surface area contributed by atoms with Gasteiger partial charge in [-0.25, -0.2) is 19.6 Å². The number of amides is 4. The van der Waals surface area contributed by atoms with E-state index < -0.39 is 24.3 Å². The largest absolute Gasteiger partial charge is 0.490 e. The fourth-order valence-corrected chi connectivity index (χ4v) is 8.94. The molecule has 0 saturated carbocycles. The van der Waals surface area contributed by atoms with E-state index >= 15 is 0 Å². The van der Waals surface area contributed by atoms with Crippen LogP contribution in [0.1, 0.15) is 77.1 Å². The van der Waals surface area contributed by atoms with Crippen LogP contribution < -0.4 is 20.1 Å². The SMILES string of the molecule is COC(=O)NC(C(=O)N1CCCC1c1ncc(-c2ccc3cc2OCCOCCOCCOCCOCCOc2cc-3ccc2-c2cnc(C3CCCN3C(=O)C(NC(=O)OC)C(C)C)[nH]2)[nH]1)C(C)C. The van der Waals surface area contributed by atoms with E-state index in [2.05, 4.69) is 20.6 Å². The minimum atomic E-state index is -0.754. The molecule has 4 aromatic rings. The minimum absolute atomic E-state index is 0.162. The molecule has 4 unspecified atom stereocenters. The van der Waals surface area contributed by atoms with Crippen molar-refractivity contribution in [3.05, 3.63) is 60.4 Å². The lowest BCUT2D eigenvalue weighted by Gasteiger charge is -2.30. The molecule has 2 fully saturated rings. The van der Waals surface area contributed by atoms with Crippen LogP contribution in [0.25, 0.3) is 33.6 Å². The van der Waals surface area contributed by atoms with Gasteiger partial charge in [-0.05, 0) is 72.9 Å². The fourth-order valence-electron chi connectivity index (χ4n) is 8.94. The number of likely N-dealkylation sites (tertiary alicyclic amines) is 2. The first-order valence-corrected chi connectivity index (χ1v) is 24.2. The molecule has 70 heavy (non-hydrogen) atoms. The Bertz CT molecular complexity index is 2210. The van der Waals surface area contributed by atoms with Crippen molar-refractivity contribution in [3.8, 4) is 45.1 Å². The van der Waals surface area contributed by atoms with Crippen molar-refractivity contribution in [2.24, 2.45) is 11.8 Å². The van der Waals surface area contributed by atoms with Gasteiger partial charge >= 0.3 is 12.2 Å². The summed E-state index contributed by atoms with van der Waals surface area (Å²) in [6.07, 6.45) is 5.17. The van der Waals surface area contributed by atoms with Crippen LogP contribution in [-0.2, 0) is 38.0 Å². The fraction of sp³-hybridized carbons (Fsp3) is 0.560. The second kappa shape index (κ2) is 25.1. The van der Waals surface area contributed by atoms with Crippen LogP contribution in [0.2, 0.25) is 0 Å². The maximum Gasteiger partial charge on any atom is 0.407 e. The molecule has 4 N–H and O–H groups in total. The zero-order valence-corrected chi connectivity index (χ0v) is 41.1. The van der Waals surface area contributed by atoms with Crippen LogP contribution in [0, 0.1) is 11.8 Å². The second-order valence-electron chi connectivity index (χ2n) is 18.0. The standard InChI is InChI=1S/C50H68N8O12/c1-31(2)43(55-49(61)63-5)47(59)57-15-7-9-39(57)45-51-29-37(53-45)35-13-11-33-27-41(35)69-25-23-67-21-19-65-17-18-66-20-22-68-24-26-70-42-28-34(33)12-14-36(42)38-30-52-46(54-38)40-10-8-16-58(40)48(60)44(32(3)4)56-50(62)64-6/h11-14,27-32,39-40,43-44H,7-10,15-26H2,1-6H3,(H,51,53)(H,52,54)(H,55,61)(H,56,62). The molecule has 20 nitrogen and oxygen atoms in total. The lowest BCUT2D eigenvalue weighted by Crippen LogP contribution is -2.51. The summed E-state index contributed by atoms with van der Waals surface area (Å²) in [5.41, 5.74) is 4.65. The number of methoxy groups -OCH3 is 2. The number of hydrogen-bond donors (Lipinski definition) is 4. The second-order valence-corrected chi connectivity index (χ2v) is 18.0. The predicted molar refractivity (Wildman–Crippen MR) is 257 cm³/mol. The number of H-pyrrole nitrogens is 2. The highest BCUT2D eigenvalue weighted by Gasteiger charge is 2.39. The lowest BCUT2D eigenvalue weighted by atomic mass is 9.99. The number of aromatic nitrogens is 4. The third-order valence-corrected chi connectivity index (χ3v) is 12.6. The number of ether oxygens (including phenoxy) is 8. The molecule has 5 heterocycles. The van der Waals surface area contributed by atoms with E-state index in [4.69, 9.17) is 47.9 Å². The topological polar surface area (TPSA) is 230 Å². The molecule has 0 aliphatic carbocycles. The van der Waals surface area contributed by atoms with E-state index in [1.807, 2.05) is 64.1 Å². The van der Waals surface area contributed by atoms with Gasteiger partial charge in [0, 0.05) is 24.2 Å². The van der Waals surface area contributed by atoms with Crippen molar-refractivity contribution in [1.82, 2.24) is 40.4 Å². The Labute approximate surface area is 408 Å². The van der Waals surface area contributed by atoms with Gasteiger partial charge in [-0.3, -0.25) is 9.59 Å². The van der Waals surface area contributed by atoms with Crippen LogP contribution in [0.15, 0.2) is 48.8 Å². The molecular weight excluding hydrogens is 905 g/mol. The van der Waals surface area contributed by atoms with Crippen molar-refractivity contribution < 1.29 is 57.1 Å². The first-order chi connectivity index (χ1) is 34.0. The maximum atomic E-state index is 13.9. The Balaban J connectivity index is 1.17. The van der Waals surface area contributed by atoms with E-state index in [9.17, 15) is 19.2 Å². The number of hydrogen-bond acceptors (Lipinski definition) is 14. The first-order valence-electron chi connectivity index (χ1n) is 24.2. The number of fused-ring (bicyclic) bond motifs is 5. The summed E-state index contributed by atoms with van der Waals surface area (Å²) in [6, 6.07) is 9.78. The van der Waals surface area contributed by atoms with Crippen LogP contribution in [0.4, 0.5) is 9.59 Å². The number of imidazole rings is 2. The predicted octanol–water partition coefficient (Wildman–Crippen LogP) is 6.06. The number of rotatable bonds is 10. The Morgan fingerprint density at radius 3 is 1.31 bits per heavy atom. The summed E-state index contributed by atoms with van der Waals surface area (Å²) in [5, 5.41) is 5.42. The molecule has 20 heteroatoms. The van der Waals surface area contributed by atoms with E-state index in [1.165, 1.54) is 14.2 Å². The summed E-state index contributed by atoms with van der Waals surface area (Å²) in [4.78, 5) is 72.2. The van der Waals surface area contributed by atoms with Crippen LogP contribution in [-0.4, -0.2) is 159 Å². The summed E-state index contributed by atoms with van der Waals surface area (Å²) in [6.45, 7) is 12.2. The quantitative estimate of drug-likeness (QED) is 0.142. The van der Waals surface area contributed by atoms with Gasteiger partial charge in [0.1, 0.15) is 48.4 Å². The average molecular weight is 973 g/mol. The first kappa shape index (κ1) is 51.6. The number of aromatic amines is 2. The highest BCUT2D eigenvalue weighted by molar-refractivity contribution is 5.87. The smallest absolute Gasteiger partial charge is 0.407 e. The zero-order chi connectivity index (χ0) is 49.6. The minimum Gasteiger partial charge on any atom is -0.490 e. The van der Waals surface area contributed by atoms with Gasteiger partial charge in [0.25, 0.3) is 0 Å². The van der Waals surface area contributed by atoms with Crippen molar-refractivity contribution in [3.63, 3.8) is 0 Å². The van der Waals surface area contributed by atoms with Crippen LogP contribution in [0.3, 0.4) is 0 Å². The van der Waals surface area contributed by atoms with Crippen molar-refractivity contribution in [2.75, 3.05) is 93.4 Å². The third-order valence-electron chi connectivity index (χ3n) is 12.6. The molecule has 4 bridgehead atoms. The molecule has 0 spiro atoms. The number of alkyl carbamates (subject to hydrolysis) is 2.